The van der Waals surface area contributed by atoms with Gasteiger partial charge in [-0.15, -0.1) is 0 Å². The molecule has 0 aliphatic rings. The van der Waals surface area contributed by atoms with Crippen LogP contribution in [0.25, 0.3) is 0 Å². The summed E-state index contributed by atoms with van der Waals surface area (Å²) in [7, 11) is 0. The van der Waals surface area contributed by atoms with E-state index in [0.29, 0.717) is 0 Å². The van der Waals surface area contributed by atoms with Crippen molar-refractivity contribution in [1.82, 2.24) is 0 Å². The lowest BCUT2D eigenvalue weighted by Crippen LogP contribution is -2.03. The average molecular weight is 293 g/mol. The third-order valence-corrected chi connectivity index (χ3v) is 2.82. The van der Waals surface area contributed by atoms with Crippen molar-refractivity contribution in [2.75, 3.05) is 5.32 Å². The van der Waals surface area contributed by atoms with Crippen molar-refractivity contribution >= 4 is 34.6 Å². The average Bonchev–Trinajstić information content (AvgIpc) is 2.41. The van der Waals surface area contributed by atoms with Gasteiger partial charge in [0.1, 0.15) is 5.69 Å². The lowest BCUT2D eigenvalue weighted by Gasteiger charge is -2.09. The highest BCUT2D eigenvalue weighted by Crippen LogP contribution is 2.31. The van der Waals surface area contributed by atoms with Crippen molar-refractivity contribution in [1.29, 1.82) is 0 Å². The highest BCUT2D eigenvalue weighted by atomic mass is 35.5. The zero-order valence-electron chi connectivity index (χ0n) is 10.0. The van der Waals surface area contributed by atoms with Crippen LogP contribution < -0.4 is 5.32 Å². The Hall–Kier alpha value is -2.60. The number of halogens is 1. The molecule has 0 saturated heterocycles. The lowest BCUT2D eigenvalue weighted by molar-refractivity contribution is -0.383. The fourth-order valence-corrected chi connectivity index (χ4v) is 1.85. The Kier molecular flexibility index (Phi) is 3.86. The number of carbonyl (C=O) groups is 1. The van der Waals surface area contributed by atoms with Crippen LogP contribution in [0.3, 0.4) is 0 Å². The minimum absolute atomic E-state index is 0.0248. The number of hydrogen-bond acceptors (Lipinski definition) is 4. The van der Waals surface area contributed by atoms with Gasteiger partial charge in [-0.05, 0) is 24.3 Å². The molecule has 0 spiro atoms. The van der Waals surface area contributed by atoms with E-state index in [4.69, 9.17) is 16.7 Å². The molecule has 0 bridgehead atoms. The summed E-state index contributed by atoms with van der Waals surface area (Å²) < 4.78 is 0. The Morgan fingerprint density at radius 3 is 2.55 bits per heavy atom. The van der Waals surface area contributed by atoms with Gasteiger partial charge < -0.3 is 10.4 Å². The molecular weight excluding hydrogens is 284 g/mol. The van der Waals surface area contributed by atoms with E-state index >= 15 is 0 Å². The molecule has 0 fully saturated rings. The van der Waals surface area contributed by atoms with Crippen LogP contribution in [-0.2, 0) is 0 Å². The van der Waals surface area contributed by atoms with Crippen molar-refractivity contribution in [3.63, 3.8) is 0 Å². The van der Waals surface area contributed by atoms with Crippen molar-refractivity contribution in [2.45, 2.75) is 0 Å². The monoisotopic (exact) mass is 292 g/mol. The SMILES string of the molecule is O=C(O)c1ccccc1Nc1ccc(Cl)cc1[N+](=O)[O-]. The van der Waals surface area contributed by atoms with Gasteiger partial charge in [0.05, 0.1) is 16.2 Å². The number of nitro benzene ring substituents is 1. The number of aromatic carboxylic acids is 1. The summed E-state index contributed by atoms with van der Waals surface area (Å²) in [5, 5.41) is 23.0. The molecule has 0 radical (unpaired) electrons. The molecule has 2 aromatic rings. The minimum Gasteiger partial charge on any atom is -0.478 e. The van der Waals surface area contributed by atoms with E-state index in [-0.39, 0.29) is 27.6 Å². The molecule has 0 unspecified atom stereocenters. The Morgan fingerprint density at radius 1 is 1.20 bits per heavy atom. The normalized spacial score (nSPS) is 10.1. The number of benzene rings is 2. The van der Waals surface area contributed by atoms with E-state index in [1.807, 2.05) is 0 Å². The maximum atomic E-state index is 11.1. The summed E-state index contributed by atoms with van der Waals surface area (Å²) in [5.41, 5.74) is 0.243. The first kappa shape index (κ1) is 13.8. The quantitative estimate of drug-likeness (QED) is 0.662. The first-order chi connectivity index (χ1) is 9.49. The topological polar surface area (TPSA) is 92.5 Å². The standard InChI is InChI=1S/C13H9ClN2O4/c14-8-5-6-11(12(7-8)16(19)20)15-10-4-2-1-3-9(10)13(17)18/h1-7,15H,(H,17,18). The number of rotatable bonds is 4. The van der Waals surface area contributed by atoms with Gasteiger partial charge in [-0.2, -0.15) is 0 Å². The molecule has 102 valence electrons. The van der Waals surface area contributed by atoms with E-state index in [0.717, 1.165) is 0 Å². The van der Waals surface area contributed by atoms with Gasteiger partial charge in [-0.3, -0.25) is 10.1 Å². The zero-order valence-corrected chi connectivity index (χ0v) is 10.8. The third-order valence-electron chi connectivity index (χ3n) is 2.58. The molecule has 0 aliphatic carbocycles. The Labute approximate surface area is 118 Å². The van der Waals surface area contributed by atoms with Gasteiger partial charge in [0.2, 0.25) is 0 Å². The largest absolute Gasteiger partial charge is 0.478 e. The van der Waals surface area contributed by atoms with Crippen molar-refractivity contribution in [2.24, 2.45) is 0 Å². The number of nitro groups is 1. The van der Waals surface area contributed by atoms with Gasteiger partial charge in [0.15, 0.2) is 0 Å². The van der Waals surface area contributed by atoms with Gasteiger partial charge in [-0.1, -0.05) is 23.7 Å². The summed E-state index contributed by atoms with van der Waals surface area (Å²) in [4.78, 5) is 21.5. The van der Waals surface area contributed by atoms with Crippen LogP contribution in [0.5, 0.6) is 0 Å². The Morgan fingerprint density at radius 2 is 1.90 bits per heavy atom. The number of nitrogens with one attached hydrogen (secondary N) is 1. The third kappa shape index (κ3) is 2.86. The predicted octanol–water partition coefficient (Wildman–Crippen LogP) is 3.69. The maximum absolute atomic E-state index is 11.1. The summed E-state index contributed by atoms with van der Waals surface area (Å²) in [6.45, 7) is 0. The van der Waals surface area contributed by atoms with E-state index in [9.17, 15) is 14.9 Å². The van der Waals surface area contributed by atoms with Crippen LogP contribution in [0.4, 0.5) is 17.1 Å². The molecular formula is C13H9ClN2O4. The lowest BCUT2D eigenvalue weighted by atomic mass is 10.1. The second-order valence-electron chi connectivity index (χ2n) is 3.89. The molecule has 6 nitrogen and oxygen atoms in total. The number of para-hydroxylation sites is 1. The van der Waals surface area contributed by atoms with E-state index in [1.165, 1.54) is 30.3 Å². The fraction of sp³-hybridized carbons (Fsp3) is 0. The molecule has 0 aliphatic heterocycles. The van der Waals surface area contributed by atoms with Gasteiger partial charge >= 0.3 is 5.97 Å². The molecule has 0 saturated carbocycles. The summed E-state index contributed by atoms with van der Waals surface area (Å²) in [5.74, 6) is -1.12. The molecule has 0 amide bonds. The van der Waals surface area contributed by atoms with Crippen molar-refractivity contribution in [3.8, 4) is 0 Å². The molecule has 0 atom stereocenters. The molecule has 0 heterocycles. The molecule has 2 aromatic carbocycles. The van der Waals surface area contributed by atoms with Crippen molar-refractivity contribution < 1.29 is 14.8 Å². The number of nitrogens with zero attached hydrogens (tertiary/aromatic N) is 1. The van der Waals surface area contributed by atoms with Crippen LogP contribution >= 0.6 is 11.6 Å². The fourth-order valence-electron chi connectivity index (χ4n) is 1.69. The van der Waals surface area contributed by atoms with Gasteiger partial charge in [-0.25, -0.2) is 4.79 Å². The van der Waals surface area contributed by atoms with Crippen molar-refractivity contribution in [3.05, 3.63) is 63.2 Å². The maximum Gasteiger partial charge on any atom is 0.337 e. The van der Waals surface area contributed by atoms with E-state index < -0.39 is 10.9 Å². The van der Waals surface area contributed by atoms with E-state index in [1.54, 1.807) is 12.1 Å². The Balaban J connectivity index is 2.45. The van der Waals surface area contributed by atoms with Crippen LogP contribution in [0.2, 0.25) is 5.02 Å². The second-order valence-corrected chi connectivity index (χ2v) is 4.33. The van der Waals surface area contributed by atoms with Gasteiger partial charge in [0.25, 0.3) is 5.69 Å². The number of carboxylic acid groups (broad SMARTS) is 1. The Bertz CT molecular complexity index is 688. The molecule has 20 heavy (non-hydrogen) atoms. The van der Waals surface area contributed by atoms with Gasteiger partial charge in [0, 0.05) is 11.1 Å². The minimum atomic E-state index is -1.12. The first-order valence-electron chi connectivity index (χ1n) is 5.52. The number of carboxylic acids is 1. The summed E-state index contributed by atoms with van der Waals surface area (Å²) in [6, 6.07) is 10.3. The highest BCUT2D eigenvalue weighted by Gasteiger charge is 2.16. The predicted molar refractivity (Wildman–Crippen MR) is 74.8 cm³/mol. The van der Waals surface area contributed by atoms with Crippen LogP contribution in [0, 0.1) is 10.1 Å². The molecule has 7 heteroatoms. The summed E-state index contributed by atoms with van der Waals surface area (Å²) in [6.07, 6.45) is 0. The van der Waals surface area contributed by atoms with Crippen LogP contribution in [0.1, 0.15) is 10.4 Å². The first-order valence-corrected chi connectivity index (χ1v) is 5.90. The smallest absolute Gasteiger partial charge is 0.337 e. The molecule has 0 aromatic heterocycles. The van der Waals surface area contributed by atoms with Crippen LogP contribution in [0.15, 0.2) is 42.5 Å². The summed E-state index contributed by atoms with van der Waals surface area (Å²) >= 11 is 5.72. The second kappa shape index (κ2) is 5.58. The number of hydrogen-bond donors (Lipinski definition) is 2. The zero-order chi connectivity index (χ0) is 14.7. The molecule has 2 N–H and O–H groups in total. The molecule has 2 rings (SSSR count). The highest BCUT2D eigenvalue weighted by molar-refractivity contribution is 6.30. The van der Waals surface area contributed by atoms with E-state index in [2.05, 4.69) is 5.32 Å². The van der Waals surface area contributed by atoms with Crippen LogP contribution in [-0.4, -0.2) is 16.0 Å². The number of anilines is 2.